The van der Waals surface area contributed by atoms with Gasteiger partial charge < -0.3 is 5.32 Å². The first kappa shape index (κ1) is 23.9. The normalized spacial score (nSPS) is 13.6. The van der Waals surface area contributed by atoms with Crippen molar-refractivity contribution in [1.82, 2.24) is 5.32 Å². The molecule has 0 bridgehead atoms. The highest BCUT2D eigenvalue weighted by Gasteiger charge is 2.32. The number of nitrogens with zero attached hydrogens (tertiary/aromatic N) is 1. The lowest BCUT2D eigenvalue weighted by Crippen LogP contribution is -2.50. The predicted molar refractivity (Wildman–Crippen MR) is 124 cm³/mol. The Morgan fingerprint density at radius 3 is 2.00 bits per heavy atom. The monoisotopic (exact) mass is 430 g/mol. The van der Waals surface area contributed by atoms with Gasteiger partial charge in [0.25, 0.3) is 0 Å². The number of benzene rings is 2. The second-order valence-corrected chi connectivity index (χ2v) is 10.0. The summed E-state index contributed by atoms with van der Waals surface area (Å²) in [5.41, 5.74) is 5.83. The third-order valence-corrected chi connectivity index (χ3v) is 6.63. The molecule has 0 saturated carbocycles. The fourth-order valence-electron chi connectivity index (χ4n) is 3.81. The van der Waals surface area contributed by atoms with Crippen LogP contribution in [0.4, 0.5) is 5.69 Å². The molecular weight excluding hydrogens is 396 g/mol. The average molecular weight is 431 g/mol. The Kier molecular flexibility index (Phi) is 7.70. The van der Waals surface area contributed by atoms with E-state index in [0.717, 1.165) is 22.9 Å². The van der Waals surface area contributed by atoms with Gasteiger partial charge in [-0.25, -0.2) is 8.42 Å². The van der Waals surface area contributed by atoms with Crippen molar-refractivity contribution >= 4 is 21.6 Å². The smallest absolute Gasteiger partial charge is 0.244 e. The van der Waals surface area contributed by atoms with Gasteiger partial charge in [0.15, 0.2) is 0 Å². The van der Waals surface area contributed by atoms with Gasteiger partial charge in [-0.05, 0) is 80.5 Å². The first-order chi connectivity index (χ1) is 14.0. The van der Waals surface area contributed by atoms with Crippen LogP contribution < -0.4 is 9.62 Å². The molecule has 5 nitrogen and oxygen atoms in total. The van der Waals surface area contributed by atoms with Crippen molar-refractivity contribution in [3.8, 4) is 0 Å². The summed E-state index contributed by atoms with van der Waals surface area (Å²) in [6.45, 7) is 11.8. The van der Waals surface area contributed by atoms with Crippen LogP contribution in [0, 0.1) is 27.7 Å². The number of carbonyl (C=O) groups is 1. The zero-order valence-corrected chi connectivity index (χ0v) is 19.9. The second kappa shape index (κ2) is 9.65. The van der Waals surface area contributed by atoms with E-state index in [1.165, 1.54) is 15.4 Å². The van der Waals surface area contributed by atoms with Crippen molar-refractivity contribution in [3.05, 3.63) is 64.2 Å². The van der Waals surface area contributed by atoms with Crippen LogP contribution in [0.25, 0.3) is 0 Å². The summed E-state index contributed by atoms with van der Waals surface area (Å²) < 4.78 is 26.7. The molecule has 164 valence electrons. The van der Waals surface area contributed by atoms with E-state index in [2.05, 4.69) is 24.4 Å². The molecule has 0 aromatic heterocycles. The second-order valence-electron chi connectivity index (χ2n) is 8.14. The molecule has 1 N–H and O–H groups in total. The van der Waals surface area contributed by atoms with Crippen molar-refractivity contribution < 1.29 is 13.2 Å². The molecule has 6 heteroatoms. The van der Waals surface area contributed by atoms with Crippen molar-refractivity contribution in [1.29, 1.82) is 0 Å². The minimum atomic E-state index is -3.65. The summed E-state index contributed by atoms with van der Waals surface area (Å²) in [4.78, 5) is 13.3. The molecular formula is C24H34N2O3S. The van der Waals surface area contributed by atoms with E-state index in [1.54, 1.807) is 0 Å². The number of carbonyl (C=O) groups excluding carboxylic acids is 1. The topological polar surface area (TPSA) is 66.5 Å². The summed E-state index contributed by atoms with van der Waals surface area (Å²) in [5.74, 6) is -0.285. The van der Waals surface area contributed by atoms with Gasteiger partial charge in [0, 0.05) is 0 Å². The van der Waals surface area contributed by atoms with Gasteiger partial charge in [0.1, 0.15) is 6.04 Å². The molecule has 2 aromatic carbocycles. The Labute approximate surface area is 181 Å². The van der Waals surface area contributed by atoms with Gasteiger partial charge in [-0.2, -0.15) is 0 Å². The fourth-order valence-corrected chi connectivity index (χ4v) is 5.00. The number of sulfonamides is 1. The highest BCUT2D eigenvalue weighted by atomic mass is 32.2. The van der Waals surface area contributed by atoms with Gasteiger partial charge in [0.2, 0.25) is 15.9 Å². The number of nitrogens with one attached hydrogen (secondary N) is 1. The van der Waals surface area contributed by atoms with Gasteiger partial charge >= 0.3 is 0 Å². The van der Waals surface area contributed by atoms with E-state index in [0.29, 0.717) is 18.5 Å². The summed E-state index contributed by atoms with van der Waals surface area (Å²) in [5, 5.41) is 3.09. The fraction of sp³-hybridized carbons (Fsp3) is 0.458. The first-order valence-corrected chi connectivity index (χ1v) is 12.3. The maximum absolute atomic E-state index is 13.3. The Bertz CT molecular complexity index is 995. The van der Waals surface area contributed by atoms with Gasteiger partial charge in [0.05, 0.1) is 18.0 Å². The molecule has 0 aliphatic rings. The zero-order valence-electron chi connectivity index (χ0n) is 19.1. The Morgan fingerprint density at radius 1 is 0.933 bits per heavy atom. The Morgan fingerprint density at radius 2 is 1.53 bits per heavy atom. The van der Waals surface area contributed by atoms with Gasteiger partial charge in [-0.1, -0.05) is 38.1 Å². The van der Waals surface area contributed by atoms with E-state index < -0.39 is 16.1 Å². The average Bonchev–Trinajstić information content (AvgIpc) is 2.64. The molecule has 0 fully saturated rings. The third-order valence-electron chi connectivity index (χ3n) is 5.45. The molecule has 1 amide bonds. The molecule has 0 radical (unpaired) electrons. The predicted octanol–water partition coefficient (Wildman–Crippen LogP) is 4.73. The number of amides is 1. The highest BCUT2D eigenvalue weighted by Crippen LogP contribution is 2.26. The molecule has 30 heavy (non-hydrogen) atoms. The van der Waals surface area contributed by atoms with E-state index in [4.69, 9.17) is 0 Å². The summed E-state index contributed by atoms with van der Waals surface area (Å²) in [7, 11) is -3.65. The minimum Gasteiger partial charge on any atom is -0.347 e. The molecule has 2 aromatic rings. The van der Waals surface area contributed by atoms with Crippen molar-refractivity contribution in [2.45, 2.75) is 66.5 Å². The zero-order chi connectivity index (χ0) is 22.6. The van der Waals surface area contributed by atoms with E-state index in [1.807, 2.05) is 58.9 Å². The molecule has 0 heterocycles. The standard InChI is InChI=1S/C24H34N2O3S/c1-8-22(20-11-10-18(5)19(6)15-20)25-24(27)23(9-2)26(30(7,28)29)21-13-16(3)12-17(4)14-21/h10-15,22-23H,8-9H2,1-7H3,(H,25,27)/t22-,23-/m0/s1. The number of hydrogen-bond acceptors (Lipinski definition) is 3. The largest absolute Gasteiger partial charge is 0.347 e. The number of aryl methyl sites for hydroxylation is 4. The summed E-state index contributed by atoms with van der Waals surface area (Å²) in [6.07, 6.45) is 2.24. The Balaban J connectivity index is 2.40. The van der Waals surface area contributed by atoms with E-state index in [9.17, 15) is 13.2 Å². The summed E-state index contributed by atoms with van der Waals surface area (Å²) >= 11 is 0. The quantitative estimate of drug-likeness (QED) is 0.658. The van der Waals surface area contributed by atoms with Crippen molar-refractivity contribution in [3.63, 3.8) is 0 Å². The van der Waals surface area contributed by atoms with Crippen LogP contribution in [0.3, 0.4) is 0 Å². The van der Waals surface area contributed by atoms with Crippen LogP contribution >= 0.6 is 0 Å². The summed E-state index contributed by atoms with van der Waals surface area (Å²) in [6, 6.07) is 10.8. The SMILES string of the molecule is CC[C@H](NC(=O)[C@H](CC)N(c1cc(C)cc(C)c1)S(C)(=O)=O)c1ccc(C)c(C)c1. The number of rotatable bonds is 8. The molecule has 0 spiro atoms. The number of hydrogen-bond donors (Lipinski definition) is 1. The Hall–Kier alpha value is -2.34. The van der Waals surface area contributed by atoms with Crippen LogP contribution in [0.15, 0.2) is 36.4 Å². The van der Waals surface area contributed by atoms with Crippen molar-refractivity contribution in [2.75, 3.05) is 10.6 Å². The molecule has 0 aliphatic carbocycles. The molecule has 2 atom stereocenters. The van der Waals surface area contributed by atoms with Crippen molar-refractivity contribution in [2.24, 2.45) is 0 Å². The van der Waals surface area contributed by atoms with E-state index in [-0.39, 0.29) is 11.9 Å². The molecule has 0 aliphatic heterocycles. The van der Waals surface area contributed by atoms with Crippen LogP contribution in [-0.4, -0.2) is 26.6 Å². The van der Waals surface area contributed by atoms with Crippen LogP contribution in [0.5, 0.6) is 0 Å². The lowest BCUT2D eigenvalue weighted by molar-refractivity contribution is -0.123. The van der Waals surface area contributed by atoms with Crippen LogP contribution in [0.1, 0.15) is 60.5 Å². The van der Waals surface area contributed by atoms with E-state index >= 15 is 0 Å². The first-order valence-electron chi connectivity index (χ1n) is 10.4. The van der Waals surface area contributed by atoms with Crippen LogP contribution in [0.2, 0.25) is 0 Å². The maximum Gasteiger partial charge on any atom is 0.244 e. The maximum atomic E-state index is 13.3. The van der Waals surface area contributed by atoms with Gasteiger partial charge in [-0.3, -0.25) is 9.10 Å². The minimum absolute atomic E-state index is 0.175. The lowest BCUT2D eigenvalue weighted by atomic mass is 9.99. The molecule has 0 saturated heterocycles. The molecule has 0 unspecified atom stereocenters. The number of anilines is 1. The lowest BCUT2D eigenvalue weighted by Gasteiger charge is -2.32. The van der Waals surface area contributed by atoms with Crippen LogP contribution in [-0.2, 0) is 14.8 Å². The third kappa shape index (κ3) is 5.63. The van der Waals surface area contributed by atoms with Gasteiger partial charge in [-0.15, -0.1) is 0 Å². The highest BCUT2D eigenvalue weighted by molar-refractivity contribution is 7.92. The molecule has 2 rings (SSSR count).